The molecule has 7 heteroatoms. The molecule has 0 aliphatic carbocycles. The highest BCUT2D eigenvalue weighted by molar-refractivity contribution is 7.85. The summed E-state index contributed by atoms with van der Waals surface area (Å²) in [5, 5.41) is 0. The highest BCUT2D eigenvalue weighted by Gasteiger charge is 2.04. The van der Waals surface area contributed by atoms with Crippen molar-refractivity contribution in [2.75, 3.05) is 6.26 Å². The van der Waals surface area contributed by atoms with E-state index in [1.54, 1.807) is 0 Å². The summed E-state index contributed by atoms with van der Waals surface area (Å²) in [7, 11) is -4.82. The maximum absolute atomic E-state index is 9.91. The fraction of sp³-hybridized carbons (Fsp3) is 1.00. The van der Waals surface area contributed by atoms with E-state index in [1.165, 1.54) is 0 Å². The molecule has 0 fully saturated rings. The monoisotopic (exact) mass is 159 g/mol. The molecule has 0 rings (SSSR count). The quantitative estimate of drug-likeness (QED) is 0.325. The van der Waals surface area contributed by atoms with Gasteiger partial charge in [0, 0.05) is 4.67 Å². The second-order valence-corrected chi connectivity index (χ2v) is 2.82. The Morgan fingerprint density at radius 1 is 1.50 bits per heavy atom. The molecule has 1 unspecified atom stereocenters. The van der Waals surface area contributed by atoms with Crippen molar-refractivity contribution in [2.24, 2.45) is 0 Å². The Bertz CT molecular complexity index is 157. The molecule has 0 saturated carbocycles. The van der Waals surface area contributed by atoms with Gasteiger partial charge in [-0.25, -0.2) is 0 Å². The van der Waals surface area contributed by atoms with E-state index in [0.29, 0.717) is 0 Å². The normalized spacial score (nSPS) is 12.1. The maximum Gasteiger partial charge on any atom is 0.527 e. The Labute approximate surface area is 47.9 Å². The van der Waals surface area contributed by atoms with Gasteiger partial charge in [0.1, 0.15) is 0 Å². The highest BCUT2D eigenvalue weighted by Crippen LogP contribution is 1.98. The van der Waals surface area contributed by atoms with Crippen molar-refractivity contribution in [3.8, 4) is 0 Å². The van der Waals surface area contributed by atoms with Crippen LogP contribution in [0, 0.1) is 0 Å². The third-order valence-electron chi connectivity index (χ3n) is 0.192. The van der Waals surface area contributed by atoms with Crippen LogP contribution in [-0.4, -0.2) is 14.7 Å². The lowest BCUT2D eigenvalue weighted by Crippen LogP contribution is -1.97. The van der Waals surface area contributed by atoms with Gasteiger partial charge in [0.25, 0.3) is 10.1 Å². The van der Waals surface area contributed by atoms with Crippen LogP contribution in [0.4, 0.5) is 0 Å². The maximum atomic E-state index is 9.91. The first kappa shape index (κ1) is 7.97. The highest BCUT2D eigenvalue weighted by atomic mass is 32.2. The molecule has 0 N–H and O–H groups in total. The second kappa shape index (κ2) is 3.09. The number of hydrogen-bond donors (Lipinski definition) is 0. The lowest BCUT2D eigenvalue weighted by molar-refractivity contribution is -0.0779. The molecule has 0 spiro atoms. The molecule has 0 aromatic carbocycles. The van der Waals surface area contributed by atoms with E-state index in [9.17, 15) is 13.0 Å². The summed E-state index contributed by atoms with van der Waals surface area (Å²) in [4.78, 5) is 0. The molecule has 0 aromatic rings. The fourth-order valence-corrected chi connectivity index (χ4v) is 0.681. The van der Waals surface area contributed by atoms with Gasteiger partial charge in [0.05, 0.1) is 6.26 Å². The van der Waals surface area contributed by atoms with Gasteiger partial charge in [-0.05, 0) is 4.57 Å². The molecule has 0 amide bonds. The summed E-state index contributed by atoms with van der Waals surface area (Å²) >= 11 is 0. The van der Waals surface area contributed by atoms with Gasteiger partial charge in [0.2, 0.25) is 0 Å². The Morgan fingerprint density at radius 3 is 2.12 bits per heavy atom. The predicted octanol–water partition coefficient (Wildman–Crippen LogP) is -0.167. The van der Waals surface area contributed by atoms with E-state index < -0.39 is 18.8 Å². The average Bonchev–Trinajstić information content (AvgIpc) is 1.59. The van der Waals surface area contributed by atoms with Gasteiger partial charge in [0.15, 0.2) is 0 Å². The Kier molecular flexibility index (Phi) is 3.08. The summed E-state index contributed by atoms with van der Waals surface area (Å²) in [6.45, 7) is 0. The number of hydrogen-bond acceptors (Lipinski definition) is 5. The van der Waals surface area contributed by atoms with Crippen molar-refractivity contribution in [1.29, 1.82) is 0 Å². The standard InChI is InChI=1S/CH4O5PS/c1-8(3,4)6-5-7-2/h7H,1H3/q+1. The topological polar surface area (TPSA) is 69.7 Å². The summed E-state index contributed by atoms with van der Waals surface area (Å²) in [5.41, 5.74) is 0. The molecule has 8 heavy (non-hydrogen) atoms. The molecule has 0 radical (unpaired) electrons. The third-order valence-corrected chi connectivity index (χ3v) is 0.779. The van der Waals surface area contributed by atoms with Gasteiger partial charge in [-0.1, -0.05) is 4.33 Å². The Morgan fingerprint density at radius 2 is 2.00 bits per heavy atom. The zero-order valence-corrected chi connectivity index (χ0v) is 5.77. The van der Waals surface area contributed by atoms with Crippen LogP contribution in [0.5, 0.6) is 0 Å². The summed E-state index contributed by atoms with van der Waals surface area (Å²) in [6, 6.07) is 0. The van der Waals surface area contributed by atoms with Crippen molar-refractivity contribution >= 4 is 18.8 Å². The molecule has 0 heterocycles. The van der Waals surface area contributed by atoms with E-state index in [1.807, 2.05) is 0 Å². The van der Waals surface area contributed by atoms with Crippen molar-refractivity contribution in [3.63, 3.8) is 0 Å². The largest absolute Gasteiger partial charge is 0.527 e. The Hall–Kier alpha value is -0.0300. The van der Waals surface area contributed by atoms with Crippen LogP contribution in [0.25, 0.3) is 0 Å². The first-order valence-corrected chi connectivity index (χ1v) is 4.12. The van der Waals surface area contributed by atoms with E-state index in [2.05, 4.69) is 9.01 Å². The SMILES string of the molecule is CS(=O)(=O)OO[PH+]=O. The van der Waals surface area contributed by atoms with Gasteiger partial charge in [-0.2, -0.15) is 8.42 Å². The summed E-state index contributed by atoms with van der Waals surface area (Å²) < 4.78 is 36.3. The van der Waals surface area contributed by atoms with Gasteiger partial charge < -0.3 is 0 Å². The minimum Gasteiger partial charge on any atom is -0.197 e. The van der Waals surface area contributed by atoms with Crippen LogP contribution in [0.2, 0.25) is 0 Å². The lowest BCUT2D eigenvalue weighted by atomic mass is 12.0. The van der Waals surface area contributed by atoms with Crippen molar-refractivity contribution in [2.45, 2.75) is 0 Å². The second-order valence-electron chi connectivity index (χ2n) is 0.939. The predicted molar refractivity (Wildman–Crippen MR) is 26.0 cm³/mol. The zero-order chi connectivity index (χ0) is 6.62. The van der Waals surface area contributed by atoms with E-state index >= 15 is 0 Å². The fourth-order valence-electron chi connectivity index (χ4n) is 0.0757. The average molecular weight is 159 g/mol. The summed E-state index contributed by atoms with van der Waals surface area (Å²) in [5.74, 6) is 0. The van der Waals surface area contributed by atoms with Crippen LogP contribution in [-0.2, 0) is 23.7 Å². The number of rotatable bonds is 3. The molecule has 0 aliphatic rings. The first-order chi connectivity index (χ1) is 3.56. The lowest BCUT2D eigenvalue weighted by Gasteiger charge is -1.82. The van der Waals surface area contributed by atoms with Gasteiger partial charge in [-0.3, -0.25) is 0 Å². The molecule has 48 valence electrons. The zero-order valence-electron chi connectivity index (χ0n) is 3.95. The van der Waals surface area contributed by atoms with Crippen LogP contribution in [0.3, 0.4) is 0 Å². The van der Waals surface area contributed by atoms with E-state index in [-0.39, 0.29) is 0 Å². The molecule has 0 saturated heterocycles. The van der Waals surface area contributed by atoms with Crippen LogP contribution < -0.4 is 0 Å². The smallest absolute Gasteiger partial charge is 0.197 e. The third kappa shape index (κ3) is 5.97. The molecule has 0 bridgehead atoms. The van der Waals surface area contributed by atoms with E-state index in [4.69, 9.17) is 0 Å². The molecule has 0 aliphatic heterocycles. The molecule has 5 nitrogen and oxygen atoms in total. The molecular formula is CH4O5PS+. The Balaban J connectivity index is 3.57. The molecular weight excluding hydrogens is 155 g/mol. The van der Waals surface area contributed by atoms with Crippen molar-refractivity contribution in [1.82, 2.24) is 0 Å². The van der Waals surface area contributed by atoms with Crippen LogP contribution in [0.1, 0.15) is 0 Å². The van der Waals surface area contributed by atoms with Gasteiger partial charge in [-0.15, -0.1) is 0 Å². The van der Waals surface area contributed by atoms with Gasteiger partial charge >= 0.3 is 8.69 Å². The van der Waals surface area contributed by atoms with Crippen molar-refractivity contribution in [3.05, 3.63) is 0 Å². The van der Waals surface area contributed by atoms with E-state index in [0.717, 1.165) is 6.26 Å². The molecule has 1 atom stereocenters. The minimum atomic E-state index is -3.60. The first-order valence-electron chi connectivity index (χ1n) is 1.48. The summed E-state index contributed by atoms with van der Waals surface area (Å²) in [6.07, 6.45) is 0.785. The van der Waals surface area contributed by atoms with Crippen LogP contribution in [0.15, 0.2) is 0 Å². The van der Waals surface area contributed by atoms with Crippen molar-refractivity contribution < 1.29 is 22.0 Å². The minimum absolute atomic E-state index is 0.785. The van der Waals surface area contributed by atoms with Crippen LogP contribution >= 0.6 is 8.69 Å². The molecule has 0 aromatic heterocycles.